The van der Waals surface area contributed by atoms with Crippen LogP contribution in [0.25, 0.3) is 10.9 Å². The van der Waals surface area contributed by atoms with E-state index in [4.69, 9.17) is 0 Å². The highest BCUT2D eigenvalue weighted by Gasteiger charge is 2.24. The van der Waals surface area contributed by atoms with Gasteiger partial charge in [-0.25, -0.2) is 9.97 Å². The van der Waals surface area contributed by atoms with Crippen molar-refractivity contribution in [1.82, 2.24) is 25.4 Å². The largest absolute Gasteiger partial charge is 0.355 e. The second kappa shape index (κ2) is 8.37. The molecule has 1 amide bonds. The van der Waals surface area contributed by atoms with E-state index in [0.29, 0.717) is 5.69 Å². The van der Waals surface area contributed by atoms with Crippen molar-refractivity contribution in [3.8, 4) is 0 Å². The highest BCUT2D eigenvalue weighted by molar-refractivity contribution is 5.95. The summed E-state index contributed by atoms with van der Waals surface area (Å²) in [6.45, 7) is 1.88. The van der Waals surface area contributed by atoms with Crippen LogP contribution in [-0.2, 0) is 0 Å². The first-order valence-corrected chi connectivity index (χ1v) is 9.12. The van der Waals surface area contributed by atoms with Crippen LogP contribution in [-0.4, -0.2) is 30.8 Å². The van der Waals surface area contributed by atoms with Crippen LogP contribution in [0.4, 0.5) is 23.0 Å². The van der Waals surface area contributed by atoms with Crippen LogP contribution in [0, 0.1) is 17.0 Å². The van der Waals surface area contributed by atoms with E-state index in [9.17, 15) is 14.9 Å². The molecular weight excluding hydrogens is 400 g/mol. The van der Waals surface area contributed by atoms with E-state index >= 15 is 0 Å². The Labute approximate surface area is 175 Å². The lowest BCUT2D eigenvalue weighted by atomic mass is 10.1. The first-order chi connectivity index (χ1) is 15.0. The number of pyridine rings is 2. The van der Waals surface area contributed by atoms with E-state index in [1.54, 1.807) is 24.3 Å². The molecule has 1 aromatic carbocycles. The number of nitrogens with one attached hydrogen (secondary N) is 3. The molecule has 0 aliphatic heterocycles. The van der Waals surface area contributed by atoms with E-state index in [2.05, 4.69) is 36.1 Å². The van der Waals surface area contributed by atoms with Crippen LogP contribution < -0.4 is 16.2 Å². The van der Waals surface area contributed by atoms with Crippen molar-refractivity contribution in [2.75, 3.05) is 10.7 Å². The fraction of sp³-hybridized carbons (Fsp3) is 0.0500. The van der Waals surface area contributed by atoms with Gasteiger partial charge in [0.15, 0.2) is 0 Å². The van der Waals surface area contributed by atoms with E-state index in [-0.39, 0.29) is 17.2 Å². The summed E-state index contributed by atoms with van der Waals surface area (Å²) in [6, 6.07) is 12.3. The highest BCUT2D eigenvalue weighted by atomic mass is 16.6. The number of aromatic nitrogens is 4. The normalized spacial score (nSPS) is 10.5. The number of nitro groups is 1. The maximum Gasteiger partial charge on any atom is 0.355 e. The molecule has 0 aliphatic rings. The molecule has 154 valence electrons. The van der Waals surface area contributed by atoms with Crippen molar-refractivity contribution in [3.63, 3.8) is 0 Å². The zero-order valence-corrected chi connectivity index (χ0v) is 16.2. The summed E-state index contributed by atoms with van der Waals surface area (Å²) in [5.74, 6) is -0.730. The number of anilines is 3. The quantitative estimate of drug-likeness (QED) is 0.318. The topological polar surface area (TPSA) is 148 Å². The number of nitrogens with zero attached hydrogens (tertiary/aromatic N) is 5. The minimum absolute atomic E-state index is 0.0359. The summed E-state index contributed by atoms with van der Waals surface area (Å²) in [4.78, 5) is 39.6. The third-order valence-corrected chi connectivity index (χ3v) is 4.35. The third-order valence-electron chi connectivity index (χ3n) is 4.35. The smallest absolute Gasteiger partial charge is 0.334 e. The van der Waals surface area contributed by atoms with Gasteiger partial charge in [0.1, 0.15) is 6.33 Å². The number of hydrogen-bond donors (Lipinski definition) is 3. The maximum atomic E-state index is 12.2. The average molecular weight is 416 g/mol. The lowest BCUT2D eigenvalue weighted by Gasteiger charge is -2.12. The summed E-state index contributed by atoms with van der Waals surface area (Å²) >= 11 is 0. The number of amides is 1. The van der Waals surface area contributed by atoms with Crippen LogP contribution in [0.2, 0.25) is 0 Å². The fourth-order valence-electron chi connectivity index (χ4n) is 2.91. The van der Waals surface area contributed by atoms with Gasteiger partial charge in [-0.2, -0.15) is 0 Å². The Morgan fingerprint density at radius 3 is 2.68 bits per heavy atom. The van der Waals surface area contributed by atoms with Gasteiger partial charge in [-0.3, -0.25) is 35.7 Å². The highest BCUT2D eigenvalue weighted by Crippen LogP contribution is 2.33. The summed E-state index contributed by atoms with van der Waals surface area (Å²) in [6.07, 6.45) is 4.05. The van der Waals surface area contributed by atoms with Crippen molar-refractivity contribution in [1.29, 1.82) is 0 Å². The van der Waals surface area contributed by atoms with Gasteiger partial charge in [-0.1, -0.05) is 6.07 Å². The Bertz CT molecular complexity index is 1280. The molecule has 31 heavy (non-hydrogen) atoms. The van der Waals surface area contributed by atoms with Gasteiger partial charge in [0.25, 0.3) is 5.91 Å². The van der Waals surface area contributed by atoms with Crippen molar-refractivity contribution < 1.29 is 9.72 Å². The predicted molar refractivity (Wildman–Crippen MR) is 114 cm³/mol. The molecule has 3 N–H and O–H groups in total. The number of aryl methyl sites for hydroxylation is 1. The summed E-state index contributed by atoms with van der Waals surface area (Å²) < 4.78 is 0. The molecule has 0 fully saturated rings. The molecule has 3 heterocycles. The van der Waals surface area contributed by atoms with E-state index in [0.717, 1.165) is 22.9 Å². The Morgan fingerprint density at radius 2 is 1.90 bits per heavy atom. The Kier molecular flexibility index (Phi) is 5.30. The minimum Gasteiger partial charge on any atom is -0.334 e. The second-order valence-electron chi connectivity index (χ2n) is 6.45. The number of carbonyl (C=O) groups excluding carboxylic acids is 1. The SMILES string of the molecule is Cc1ccc2c(Nc3ncnc(NNC(=O)c4cccnc4)c3[N+](=O)[O-])cccc2n1. The van der Waals surface area contributed by atoms with Crippen LogP contribution in [0.1, 0.15) is 16.1 Å². The number of rotatable bonds is 6. The Morgan fingerprint density at radius 1 is 1.06 bits per heavy atom. The van der Waals surface area contributed by atoms with Crippen LogP contribution >= 0.6 is 0 Å². The maximum absolute atomic E-state index is 12.2. The van der Waals surface area contributed by atoms with Crippen molar-refractivity contribution in [3.05, 3.63) is 82.6 Å². The zero-order chi connectivity index (χ0) is 21.8. The van der Waals surface area contributed by atoms with E-state index in [1.807, 2.05) is 25.1 Å². The first kappa shape index (κ1) is 19.6. The molecule has 0 unspecified atom stereocenters. The lowest BCUT2D eigenvalue weighted by Crippen LogP contribution is -2.30. The number of benzene rings is 1. The molecular formula is C20H16N8O3. The molecule has 0 radical (unpaired) electrons. The monoisotopic (exact) mass is 416 g/mol. The summed E-state index contributed by atoms with van der Waals surface area (Å²) in [5.41, 5.74) is 6.91. The molecule has 0 saturated heterocycles. The van der Waals surface area contributed by atoms with Crippen LogP contribution in [0.3, 0.4) is 0 Å². The molecule has 4 aromatic rings. The average Bonchev–Trinajstić information content (AvgIpc) is 2.78. The number of hydrazine groups is 1. The van der Waals surface area contributed by atoms with Gasteiger partial charge in [0.05, 0.1) is 16.0 Å². The lowest BCUT2D eigenvalue weighted by molar-refractivity contribution is -0.383. The Balaban J connectivity index is 1.64. The molecule has 0 aliphatic carbocycles. The molecule has 4 rings (SSSR count). The standard InChI is InChI=1S/C20H16N8O3/c1-12-7-8-14-15(24-12)5-2-6-16(14)25-18-17(28(30)31)19(23-11-22-18)26-27-20(29)13-4-3-9-21-10-13/h2-11H,1H3,(H,27,29)(H2,22,23,25,26). The van der Waals surface area contributed by atoms with Gasteiger partial charge < -0.3 is 5.32 Å². The van der Waals surface area contributed by atoms with Crippen LogP contribution in [0.5, 0.6) is 0 Å². The van der Waals surface area contributed by atoms with Crippen molar-refractivity contribution in [2.45, 2.75) is 6.92 Å². The summed E-state index contributed by atoms with van der Waals surface area (Å²) in [7, 11) is 0. The molecule has 0 saturated carbocycles. The molecule has 11 heteroatoms. The van der Waals surface area contributed by atoms with Crippen molar-refractivity contribution >= 4 is 39.8 Å². The van der Waals surface area contributed by atoms with Crippen LogP contribution in [0.15, 0.2) is 61.2 Å². The van der Waals surface area contributed by atoms with Gasteiger partial charge in [0, 0.05) is 29.2 Å². The summed E-state index contributed by atoms with van der Waals surface area (Å²) in [5, 5.41) is 15.5. The van der Waals surface area contributed by atoms with Gasteiger partial charge in [-0.15, -0.1) is 0 Å². The molecule has 0 atom stereocenters. The zero-order valence-electron chi connectivity index (χ0n) is 16.2. The van der Waals surface area contributed by atoms with E-state index < -0.39 is 16.5 Å². The van der Waals surface area contributed by atoms with Gasteiger partial charge in [-0.05, 0) is 43.3 Å². The molecule has 3 aromatic heterocycles. The van der Waals surface area contributed by atoms with Gasteiger partial charge >= 0.3 is 5.69 Å². The number of fused-ring (bicyclic) bond motifs is 1. The van der Waals surface area contributed by atoms with E-state index in [1.165, 1.54) is 12.4 Å². The third kappa shape index (κ3) is 4.19. The second-order valence-corrected chi connectivity index (χ2v) is 6.45. The van der Waals surface area contributed by atoms with Crippen molar-refractivity contribution in [2.24, 2.45) is 0 Å². The molecule has 11 nitrogen and oxygen atoms in total. The van der Waals surface area contributed by atoms with Gasteiger partial charge in [0.2, 0.25) is 11.6 Å². The molecule has 0 bridgehead atoms. The Hall–Kier alpha value is -4.67. The number of carbonyl (C=O) groups is 1. The minimum atomic E-state index is -0.631. The molecule has 0 spiro atoms. The fourth-order valence-corrected chi connectivity index (χ4v) is 2.91. The predicted octanol–water partition coefficient (Wildman–Crippen LogP) is 3.14. The number of hydrogen-bond acceptors (Lipinski definition) is 9. The first-order valence-electron chi connectivity index (χ1n) is 9.12.